The first-order chi connectivity index (χ1) is 8.25. The van der Waals surface area contributed by atoms with Crippen LogP contribution in [0.1, 0.15) is 26.2 Å². The maximum atomic E-state index is 11.7. The van der Waals surface area contributed by atoms with E-state index in [9.17, 15) is 4.79 Å². The molecule has 1 aromatic rings. The first kappa shape index (κ1) is 12.1. The molecule has 5 nitrogen and oxygen atoms in total. The first-order valence-corrected chi connectivity index (χ1v) is 6.14. The maximum Gasteiger partial charge on any atom is 0.222 e. The van der Waals surface area contributed by atoms with E-state index in [-0.39, 0.29) is 18.1 Å². The number of rotatable bonds is 5. The van der Waals surface area contributed by atoms with Gasteiger partial charge in [-0.3, -0.25) is 9.48 Å². The molecule has 0 aromatic carbocycles. The van der Waals surface area contributed by atoms with Gasteiger partial charge in [-0.05, 0) is 25.8 Å². The number of aryl methyl sites for hydroxylation is 1. The van der Waals surface area contributed by atoms with Crippen LogP contribution in [-0.4, -0.2) is 34.4 Å². The van der Waals surface area contributed by atoms with E-state index in [4.69, 9.17) is 4.74 Å². The summed E-state index contributed by atoms with van der Waals surface area (Å²) in [6.45, 7) is 3.44. The predicted octanol–water partition coefficient (Wildman–Crippen LogP) is 0.957. The zero-order valence-corrected chi connectivity index (χ0v) is 10.1. The number of carbonyl (C=O) groups excluding carboxylic acids is 1. The Labute approximate surface area is 101 Å². The Morgan fingerprint density at radius 2 is 2.59 bits per heavy atom. The molecule has 94 valence electrons. The highest BCUT2D eigenvalue weighted by atomic mass is 16.5. The highest BCUT2D eigenvalue weighted by Crippen LogP contribution is 2.15. The molecule has 2 atom stereocenters. The molecule has 0 unspecified atom stereocenters. The molecule has 1 aliphatic rings. The lowest BCUT2D eigenvalue weighted by Gasteiger charge is -2.19. The summed E-state index contributed by atoms with van der Waals surface area (Å²) < 4.78 is 7.29. The van der Waals surface area contributed by atoms with Crippen molar-refractivity contribution < 1.29 is 9.53 Å². The quantitative estimate of drug-likeness (QED) is 0.829. The average molecular weight is 237 g/mol. The molecule has 0 radical (unpaired) electrons. The van der Waals surface area contributed by atoms with Crippen LogP contribution < -0.4 is 5.32 Å². The molecule has 1 aliphatic heterocycles. The summed E-state index contributed by atoms with van der Waals surface area (Å²) in [5, 5.41) is 7.04. The number of hydrogen-bond donors (Lipinski definition) is 1. The van der Waals surface area contributed by atoms with E-state index in [0.29, 0.717) is 13.0 Å². The standard InChI is InChI=1S/C12H19N3O2/c1-10(11-4-2-9-17-11)14-12(16)5-8-15-7-3-6-13-15/h3,6-7,10-11H,2,4-5,8-9H2,1H3,(H,14,16)/t10-,11-/m1/s1. The Morgan fingerprint density at radius 3 is 3.24 bits per heavy atom. The van der Waals surface area contributed by atoms with Crippen LogP contribution in [-0.2, 0) is 16.1 Å². The lowest BCUT2D eigenvalue weighted by atomic mass is 10.1. The van der Waals surface area contributed by atoms with Crippen molar-refractivity contribution in [3.8, 4) is 0 Å². The van der Waals surface area contributed by atoms with Crippen molar-refractivity contribution in [2.24, 2.45) is 0 Å². The van der Waals surface area contributed by atoms with Crippen LogP contribution in [0.25, 0.3) is 0 Å². The molecule has 1 amide bonds. The third kappa shape index (κ3) is 3.56. The molecular formula is C12H19N3O2. The highest BCUT2D eigenvalue weighted by molar-refractivity contribution is 5.76. The molecule has 0 bridgehead atoms. The second kappa shape index (κ2) is 5.82. The van der Waals surface area contributed by atoms with Gasteiger partial charge >= 0.3 is 0 Å². The smallest absolute Gasteiger partial charge is 0.222 e. The summed E-state index contributed by atoms with van der Waals surface area (Å²) in [7, 11) is 0. The molecule has 1 N–H and O–H groups in total. The second-order valence-corrected chi connectivity index (χ2v) is 4.43. The molecule has 5 heteroatoms. The van der Waals surface area contributed by atoms with E-state index in [0.717, 1.165) is 19.4 Å². The molecule has 0 spiro atoms. The van der Waals surface area contributed by atoms with Crippen LogP contribution in [0.3, 0.4) is 0 Å². The molecule has 0 saturated carbocycles. The Balaban J connectivity index is 1.69. The molecule has 2 rings (SSSR count). The van der Waals surface area contributed by atoms with Crippen molar-refractivity contribution in [2.45, 2.75) is 44.9 Å². The third-order valence-electron chi connectivity index (χ3n) is 3.04. The van der Waals surface area contributed by atoms with Crippen molar-refractivity contribution >= 4 is 5.91 Å². The lowest BCUT2D eigenvalue weighted by Crippen LogP contribution is -2.41. The molecule has 1 fully saturated rings. The molecular weight excluding hydrogens is 218 g/mol. The topological polar surface area (TPSA) is 56.2 Å². The van der Waals surface area contributed by atoms with Gasteiger partial charge in [-0.15, -0.1) is 0 Å². The summed E-state index contributed by atoms with van der Waals surface area (Å²) in [6, 6.07) is 1.95. The number of hydrogen-bond acceptors (Lipinski definition) is 3. The van der Waals surface area contributed by atoms with Gasteiger partial charge in [0.05, 0.1) is 12.1 Å². The highest BCUT2D eigenvalue weighted by Gasteiger charge is 2.23. The van der Waals surface area contributed by atoms with Crippen LogP contribution in [0.4, 0.5) is 0 Å². The van der Waals surface area contributed by atoms with Crippen LogP contribution in [0.15, 0.2) is 18.5 Å². The Hall–Kier alpha value is -1.36. The maximum absolute atomic E-state index is 11.7. The van der Waals surface area contributed by atoms with Crippen molar-refractivity contribution in [3.63, 3.8) is 0 Å². The van der Waals surface area contributed by atoms with Gasteiger partial charge in [0.1, 0.15) is 0 Å². The first-order valence-electron chi connectivity index (χ1n) is 6.14. The van der Waals surface area contributed by atoms with Gasteiger partial charge < -0.3 is 10.1 Å². The Morgan fingerprint density at radius 1 is 1.71 bits per heavy atom. The minimum atomic E-state index is 0.0588. The second-order valence-electron chi connectivity index (χ2n) is 4.43. The molecule has 2 heterocycles. The zero-order chi connectivity index (χ0) is 12.1. The number of nitrogens with zero attached hydrogens (tertiary/aromatic N) is 2. The normalized spacial score (nSPS) is 21.4. The summed E-state index contributed by atoms with van der Waals surface area (Å²) in [5.41, 5.74) is 0. The third-order valence-corrected chi connectivity index (χ3v) is 3.04. The van der Waals surface area contributed by atoms with Crippen molar-refractivity contribution in [1.29, 1.82) is 0 Å². The molecule has 1 aromatic heterocycles. The van der Waals surface area contributed by atoms with Gasteiger partial charge in [0.25, 0.3) is 0 Å². The number of nitrogens with one attached hydrogen (secondary N) is 1. The monoisotopic (exact) mass is 237 g/mol. The van der Waals surface area contributed by atoms with Crippen LogP contribution in [0.2, 0.25) is 0 Å². The van der Waals surface area contributed by atoms with Gasteiger partial charge in [0.15, 0.2) is 0 Å². The summed E-state index contributed by atoms with van der Waals surface area (Å²) >= 11 is 0. The average Bonchev–Trinajstić information content (AvgIpc) is 2.99. The van der Waals surface area contributed by atoms with Gasteiger partial charge in [0, 0.05) is 32.0 Å². The predicted molar refractivity (Wildman–Crippen MR) is 63.4 cm³/mol. The van der Waals surface area contributed by atoms with E-state index in [1.54, 1.807) is 10.9 Å². The van der Waals surface area contributed by atoms with Crippen LogP contribution in [0.5, 0.6) is 0 Å². The Kier molecular flexibility index (Phi) is 4.14. The van der Waals surface area contributed by atoms with E-state index in [1.807, 2.05) is 19.2 Å². The minimum absolute atomic E-state index is 0.0588. The van der Waals surface area contributed by atoms with Crippen molar-refractivity contribution in [1.82, 2.24) is 15.1 Å². The molecule has 1 saturated heterocycles. The van der Waals surface area contributed by atoms with E-state index in [2.05, 4.69) is 10.4 Å². The van der Waals surface area contributed by atoms with E-state index in [1.165, 1.54) is 0 Å². The zero-order valence-electron chi connectivity index (χ0n) is 10.1. The lowest BCUT2D eigenvalue weighted by molar-refractivity contribution is -0.122. The number of ether oxygens (including phenoxy) is 1. The number of amides is 1. The SMILES string of the molecule is C[C@@H](NC(=O)CCn1cccn1)[C@H]1CCCO1. The van der Waals surface area contributed by atoms with E-state index >= 15 is 0 Å². The summed E-state index contributed by atoms with van der Waals surface area (Å²) in [6.07, 6.45) is 6.35. The van der Waals surface area contributed by atoms with Crippen LogP contribution >= 0.6 is 0 Å². The van der Waals surface area contributed by atoms with Crippen molar-refractivity contribution in [3.05, 3.63) is 18.5 Å². The summed E-state index contributed by atoms with van der Waals surface area (Å²) in [4.78, 5) is 11.7. The molecule has 17 heavy (non-hydrogen) atoms. The van der Waals surface area contributed by atoms with Crippen molar-refractivity contribution in [2.75, 3.05) is 6.61 Å². The molecule has 0 aliphatic carbocycles. The largest absolute Gasteiger partial charge is 0.376 e. The Bertz CT molecular complexity index is 345. The summed E-state index contributed by atoms with van der Waals surface area (Å²) in [5.74, 6) is 0.0588. The fourth-order valence-electron chi connectivity index (χ4n) is 2.06. The number of aromatic nitrogens is 2. The van der Waals surface area contributed by atoms with Crippen LogP contribution in [0, 0.1) is 0 Å². The van der Waals surface area contributed by atoms with Gasteiger partial charge in [-0.25, -0.2) is 0 Å². The fourth-order valence-corrected chi connectivity index (χ4v) is 2.06. The van der Waals surface area contributed by atoms with Gasteiger partial charge in [0.2, 0.25) is 5.91 Å². The number of carbonyl (C=O) groups is 1. The minimum Gasteiger partial charge on any atom is -0.376 e. The van der Waals surface area contributed by atoms with Gasteiger partial charge in [-0.1, -0.05) is 0 Å². The fraction of sp³-hybridized carbons (Fsp3) is 0.667. The van der Waals surface area contributed by atoms with E-state index < -0.39 is 0 Å². The van der Waals surface area contributed by atoms with Gasteiger partial charge in [-0.2, -0.15) is 5.10 Å².